The first-order chi connectivity index (χ1) is 13.0. The summed E-state index contributed by atoms with van der Waals surface area (Å²) < 4.78 is 25.3. The molecule has 0 bridgehead atoms. The summed E-state index contributed by atoms with van der Waals surface area (Å²) in [7, 11) is -3.25. The first kappa shape index (κ1) is 17.0. The summed E-state index contributed by atoms with van der Waals surface area (Å²) in [5, 5.41) is 13.7. The number of benzene rings is 2. The van der Waals surface area contributed by atoms with Crippen LogP contribution in [0.25, 0.3) is 27.9 Å². The average molecular weight is 373 g/mol. The molecule has 0 amide bonds. The standard InChI is InChI=1S/C21H15N3O2S/c1-27(25,26)18-11-9-16(10-12-18)20-19-4-2-3-13-24(19)23-21(20)17-7-5-15(14-22)6-8-17/h2-13H,1H3. The summed E-state index contributed by atoms with van der Waals surface area (Å²) in [6.45, 7) is 0. The predicted molar refractivity (Wildman–Crippen MR) is 104 cm³/mol. The fourth-order valence-electron chi connectivity index (χ4n) is 3.06. The first-order valence-corrected chi connectivity index (χ1v) is 10.1. The van der Waals surface area contributed by atoms with Crippen LogP contribution in [0, 0.1) is 11.3 Å². The van der Waals surface area contributed by atoms with Gasteiger partial charge in [0.2, 0.25) is 0 Å². The lowest BCUT2D eigenvalue weighted by atomic mass is 9.99. The number of rotatable bonds is 3. The molecule has 0 atom stereocenters. The molecule has 6 heteroatoms. The monoisotopic (exact) mass is 373 g/mol. The molecule has 0 N–H and O–H groups in total. The van der Waals surface area contributed by atoms with Crippen molar-refractivity contribution >= 4 is 15.4 Å². The molecule has 0 saturated carbocycles. The minimum absolute atomic E-state index is 0.280. The zero-order valence-electron chi connectivity index (χ0n) is 14.5. The van der Waals surface area contributed by atoms with Gasteiger partial charge >= 0.3 is 0 Å². The zero-order valence-corrected chi connectivity index (χ0v) is 15.3. The molecule has 0 radical (unpaired) electrons. The number of pyridine rings is 1. The fourth-order valence-corrected chi connectivity index (χ4v) is 3.69. The van der Waals surface area contributed by atoms with Gasteiger partial charge in [0, 0.05) is 23.6 Å². The predicted octanol–water partition coefficient (Wildman–Crippen LogP) is 3.94. The van der Waals surface area contributed by atoms with Crippen molar-refractivity contribution in [2.75, 3.05) is 6.26 Å². The van der Waals surface area contributed by atoms with E-state index in [0.29, 0.717) is 5.56 Å². The lowest BCUT2D eigenvalue weighted by molar-refractivity contribution is 0.602. The molecule has 0 spiro atoms. The molecule has 2 heterocycles. The van der Waals surface area contributed by atoms with Crippen LogP contribution in [0.15, 0.2) is 77.8 Å². The highest BCUT2D eigenvalue weighted by Gasteiger charge is 2.17. The van der Waals surface area contributed by atoms with Gasteiger partial charge in [-0.15, -0.1) is 0 Å². The highest BCUT2D eigenvalue weighted by atomic mass is 32.2. The maximum absolute atomic E-state index is 11.7. The van der Waals surface area contributed by atoms with Crippen LogP contribution in [-0.4, -0.2) is 24.3 Å². The van der Waals surface area contributed by atoms with Crippen molar-refractivity contribution in [3.05, 3.63) is 78.5 Å². The van der Waals surface area contributed by atoms with Crippen LogP contribution >= 0.6 is 0 Å². The summed E-state index contributed by atoms with van der Waals surface area (Å²) in [5.74, 6) is 0. The number of hydrogen-bond donors (Lipinski definition) is 0. The van der Waals surface area contributed by atoms with E-state index in [9.17, 15) is 8.42 Å². The van der Waals surface area contributed by atoms with Crippen LogP contribution in [0.5, 0.6) is 0 Å². The van der Waals surface area contributed by atoms with E-state index < -0.39 is 9.84 Å². The number of sulfone groups is 1. The normalized spacial score (nSPS) is 11.4. The van der Waals surface area contributed by atoms with E-state index in [1.165, 1.54) is 6.26 Å². The largest absolute Gasteiger partial charge is 0.240 e. The Morgan fingerprint density at radius 3 is 2.22 bits per heavy atom. The van der Waals surface area contributed by atoms with Gasteiger partial charge in [0.1, 0.15) is 5.69 Å². The van der Waals surface area contributed by atoms with Crippen LogP contribution < -0.4 is 0 Å². The zero-order chi connectivity index (χ0) is 19.0. The summed E-state index contributed by atoms with van der Waals surface area (Å²) in [6, 6.07) is 22.0. The van der Waals surface area contributed by atoms with Crippen molar-refractivity contribution in [2.24, 2.45) is 0 Å². The fraction of sp³-hybridized carbons (Fsp3) is 0.0476. The smallest absolute Gasteiger partial charge is 0.175 e. The van der Waals surface area contributed by atoms with E-state index >= 15 is 0 Å². The second-order valence-electron chi connectivity index (χ2n) is 6.24. The van der Waals surface area contributed by atoms with Gasteiger partial charge in [0.25, 0.3) is 0 Å². The van der Waals surface area contributed by atoms with Crippen LogP contribution in [0.2, 0.25) is 0 Å². The maximum atomic E-state index is 11.7. The quantitative estimate of drug-likeness (QED) is 0.545. The van der Waals surface area contributed by atoms with E-state index in [-0.39, 0.29) is 4.90 Å². The molecule has 2 aromatic heterocycles. The molecule has 0 fully saturated rings. The minimum Gasteiger partial charge on any atom is -0.240 e. The van der Waals surface area contributed by atoms with Gasteiger partial charge < -0.3 is 0 Å². The summed E-state index contributed by atoms with van der Waals surface area (Å²) in [4.78, 5) is 0.280. The van der Waals surface area contributed by atoms with Gasteiger partial charge in [-0.05, 0) is 42.0 Å². The van der Waals surface area contributed by atoms with Crippen molar-refractivity contribution < 1.29 is 8.42 Å². The van der Waals surface area contributed by atoms with Crippen molar-refractivity contribution in [3.8, 4) is 28.5 Å². The summed E-state index contributed by atoms with van der Waals surface area (Å²) in [5.41, 5.74) is 4.96. The molecule has 2 aromatic carbocycles. The summed E-state index contributed by atoms with van der Waals surface area (Å²) >= 11 is 0. The van der Waals surface area contributed by atoms with E-state index in [2.05, 4.69) is 6.07 Å². The van der Waals surface area contributed by atoms with Gasteiger partial charge in [0.05, 0.1) is 22.0 Å². The van der Waals surface area contributed by atoms with Gasteiger partial charge in [-0.2, -0.15) is 10.4 Å². The lowest BCUT2D eigenvalue weighted by Crippen LogP contribution is -1.96. The van der Waals surface area contributed by atoms with Crippen LogP contribution in [0.4, 0.5) is 0 Å². The van der Waals surface area contributed by atoms with Crippen molar-refractivity contribution in [1.82, 2.24) is 9.61 Å². The maximum Gasteiger partial charge on any atom is 0.175 e. The van der Waals surface area contributed by atoms with E-state index in [1.54, 1.807) is 40.9 Å². The molecule has 4 aromatic rings. The molecule has 0 saturated heterocycles. The molecular formula is C21H15N3O2S. The molecule has 4 rings (SSSR count). The number of nitrogens with zero attached hydrogens (tertiary/aromatic N) is 3. The van der Waals surface area contributed by atoms with Crippen LogP contribution in [-0.2, 0) is 9.84 Å². The number of hydrogen-bond acceptors (Lipinski definition) is 4. The van der Waals surface area contributed by atoms with Gasteiger partial charge in [-0.3, -0.25) is 0 Å². The Labute approximate surface area is 157 Å². The Balaban J connectivity index is 1.94. The molecule has 0 aliphatic heterocycles. The summed E-state index contributed by atoms with van der Waals surface area (Å²) in [6.07, 6.45) is 3.07. The second-order valence-corrected chi connectivity index (χ2v) is 8.26. The SMILES string of the molecule is CS(=O)(=O)c1ccc(-c2c(-c3ccc(C#N)cc3)nn3ccccc23)cc1. The van der Waals surface area contributed by atoms with Crippen molar-refractivity contribution in [2.45, 2.75) is 4.90 Å². The van der Waals surface area contributed by atoms with Gasteiger partial charge in [-0.1, -0.05) is 30.3 Å². The highest BCUT2D eigenvalue weighted by molar-refractivity contribution is 7.90. The Hall–Kier alpha value is -3.43. The third-order valence-electron chi connectivity index (χ3n) is 4.40. The van der Waals surface area contributed by atoms with E-state index in [4.69, 9.17) is 10.4 Å². The van der Waals surface area contributed by atoms with Gasteiger partial charge in [0.15, 0.2) is 9.84 Å². The number of nitriles is 1. The molecule has 0 aliphatic carbocycles. The van der Waals surface area contributed by atoms with Gasteiger partial charge in [-0.25, -0.2) is 12.9 Å². The third kappa shape index (κ3) is 3.09. The molecular weight excluding hydrogens is 358 g/mol. The highest BCUT2D eigenvalue weighted by Crippen LogP contribution is 2.35. The Morgan fingerprint density at radius 1 is 0.926 bits per heavy atom. The van der Waals surface area contributed by atoms with Crippen molar-refractivity contribution in [1.29, 1.82) is 5.26 Å². The van der Waals surface area contributed by atoms with E-state index in [0.717, 1.165) is 27.9 Å². The third-order valence-corrected chi connectivity index (χ3v) is 5.53. The molecule has 5 nitrogen and oxygen atoms in total. The first-order valence-electron chi connectivity index (χ1n) is 8.26. The molecule has 27 heavy (non-hydrogen) atoms. The van der Waals surface area contributed by atoms with E-state index in [1.807, 2.05) is 36.5 Å². The number of fused-ring (bicyclic) bond motifs is 1. The molecule has 132 valence electrons. The van der Waals surface area contributed by atoms with Crippen LogP contribution in [0.1, 0.15) is 5.56 Å². The average Bonchev–Trinajstić information content (AvgIpc) is 3.07. The molecule has 0 aliphatic rings. The molecule has 0 unspecified atom stereocenters. The van der Waals surface area contributed by atoms with Crippen molar-refractivity contribution in [3.63, 3.8) is 0 Å². The number of aromatic nitrogens is 2. The topological polar surface area (TPSA) is 75.2 Å². The minimum atomic E-state index is -3.25. The second kappa shape index (κ2) is 6.38. The Bertz CT molecular complexity index is 1280. The Morgan fingerprint density at radius 2 is 1.59 bits per heavy atom. The van der Waals surface area contributed by atoms with Crippen LogP contribution in [0.3, 0.4) is 0 Å². The lowest BCUT2D eigenvalue weighted by Gasteiger charge is -2.06. The Kier molecular flexibility index (Phi) is 4.02.